The molecule has 0 atom stereocenters. The molecular formula is C20H15ClFN5O2. The maximum Gasteiger partial charge on any atom is 0.293 e. The Kier molecular flexibility index (Phi) is 5.09. The number of rotatable bonds is 5. The van der Waals surface area contributed by atoms with Crippen LogP contribution in [-0.4, -0.2) is 25.3 Å². The molecule has 0 aliphatic rings. The minimum atomic E-state index is -0.457. The van der Waals surface area contributed by atoms with Gasteiger partial charge in [0, 0.05) is 17.1 Å². The van der Waals surface area contributed by atoms with Crippen molar-refractivity contribution in [2.45, 2.75) is 13.1 Å². The standard InChI is InChI=1S/C20H15ClFN5O2/c21-16-4-2-1-3-14(16)10-23-19(28)11-26-20(29)18-9-17(25-27(18)12-24-26)13-5-7-15(22)8-6-13/h1-9,12H,10-11H2,(H,23,28). The Labute approximate surface area is 169 Å². The van der Waals surface area contributed by atoms with Crippen LogP contribution < -0.4 is 10.9 Å². The summed E-state index contributed by atoms with van der Waals surface area (Å²) < 4.78 is 15.5. The fraction of sp³-hybridized carbons (Fsp3) is 0.100. The summed E-state index contributed by atoms with van der Waals surface area (Å²) in [4.78, 5) is 24.9. The Bertz CT molecular complexity index is 1250. The van der Waals surface area contributed by atoms with Crippen LogP contribution in [0.2, 0.25) is 5.02 Å². The molecule has 0 radical (unpaired) electrons. The Morgan fingerprint density at radius 3 is 2.66 bits per heavy atom. The summed E-state index contributed by atoms with van der Waals surface area (Å²) in [6.07, 6.45) is 1.35. The predicted octanol–water partition coefficient (Wildman–Crippen LogP) is 2.67. The van der Waals surface area contributed by atoms with Crippen LogP contribution in [-0.2, 0) is 17.9 Å². The molecule has 146 valence electrons. The molecule has 4 rings (SSSR count). The van der Waals surface area contributed by atoms with E-state index in [-0.39, 0.29) is 30.3 Å². The largest absolute Gasteiger partial charge is 0.350 e. The number of amides is 1. The van der Waals surface area contributed by atoms with Gasteiger partial charge in [-0.25, -0.2) is 13.6 Å². The number of halogens is 2. The average Bonchev–Trinajstić information content (AvgIpc) is 3.15. The number of hydrogen-bond acceptors (Lipinski definition) is 4. The van der Waals surface area contributed by atoms with E-state index >= 15 is 0 Å². The van der Waals surface area contributed by atoms with Crippen LogP contribution in [0, 0.1) is 5.82 Å². The first-order valence-corrected chi connectivity index (χ1v) is 9.10. The molecule has 0 saturated heterocycles. The fourth-order valence-corrected chi connectivity index (χ4v) is 3.04. The van der Waals surface area contributed by atoms with Crippen molar-refractivity contribution in [2.24, 2.45) is 0 Å². The van der Waals surface area contributed by atoms with Gasteiger partial charge in [-0.2, -0.15) is 10.2 Å². The summed E-state index contributed by atoms with van der Waals surface area (Å²) in [5.41, 5.74) is 1.75. The van der Waals surface area contributed by atoms with Crippen LogP contribution in [0.25, 0.3) is 16.8 Å². The molecular weight excluding hydrogens is 397 g/mol. The van der Waals surface area contributed by atoms with Gasteiger partial charge in [-0.3, -0.25) is 9.59 Å². The Morgan fingerprint density at radius 2 is 1.90 bits per heavy atom. The molecule has 9 heteroatoms. The molecule has 7 nitrogen and oxygen atoms in total. The number of nitrogens with zero attached hydrogens (tertiary/aromatic N) is 4. The van der Waals surface area contributed by atoms with Crippen molar-refractivity contribution in [1.82, 2.24) is 24.7 Å². The van der Waals surface area contributed by atoms with Gasteiger partial charge in [-0.15, -0.1) is 0 Å². The molecule has 0 fully saturated rings. The van der Waals surface area contributed by atoms with Gasteiger partial charge >= 0.3 is 0 Å². The third-order valence-electron chi connectivity index (χ3n) is 4.36. The van der Waals surface area contributed by atoms with Crippen molar-refractivity contribution in [3.8, 4) is 11.3 Å². The van der Waals surface area contributed by atoms with Crippen molar-refractivity contribution >= 4 is 23.0 Å². The van der Waals surface area contributed by atoms with Gasteiger partial charge in [0.1, 0.15) is 24.2 Å². The molecule has 2 heterocycles. The monoisotopic (exact) mass is 411 g/mol. The van der Waals surface area contributed by atoms with E-state index in [2.05, 4.69) is 15.5 Å². The van der Waals surface area contributed by atoms with Crippen LogP contribution >= 0.6 is 11.6 Å². The molecule has 1 N–H and O–H groups in total. The van der Waals surface area contributed by atoms with E-state index in [9.17, 15) is 14.0 Å². The lowest BCUT2D eigenvalue weighted by Crippen LogP contribution is -2.34. The number of carbonyl (C=O) groups is 1. The van der Waals surface area contributed by atoms with Crippen molar-refractivity contribution in [3.63, 3.8) is 0 Å². The Morgan fingerprint density at radius 1 is 1.14 bits per heavy atom. The Hall–Kier alpha value is -3.52. The highest BCUT2D eigenvalue weighted by molar-refractivity contribution is 6.31. The van der Waals surface area contributed by atoms with Crippen LogP contribution in [0.3, 0.4) is 0 Å². The zero-order valence-electron chi connectivity index (χ0n) is 15.0. The fourth-order valence-electron chi connectivity index (χ4n) is 2.84. The van der Waals surface area contributed by atoms with Crippen LogP contribution in [0.1, 0.15) is 5.56 Å². The maximum atomic E-state index is 13.1. The molecule has 0 saturated carbocycles. The SMILES string of the molecule is O=C(Cn1ncn2nc(-c3ccc(F)cc3)cc2c1=O)NCc1ccccc1Cl. The van der Waals surface area contributed by atoms with Gasteiger partial charge in [0.2, 0.25) is 5.91 Å². The third kappa shape index (κ3) is 4.02. The molecule has 29 heavy (non-hydrogen) atoms. The first-order valence-electron chi connectivity index (χ1n) is 8.73. The highest BCUT2D eigenvalue weighted by Crippen LogP contribution is 2.18. The molecule has 0 aliphatic heterocycles. The molecule has 0 bridgehead atoms. The minimum Gasteiger partial charge on any atom is -0.350 e. The topological polar surface area (TPSA) is 81.3 Å². The molecule has 0 spiro atoms. The lowest BCUT2D eigenvalue weighted by molar-refractivity contribution is -0.122. The summed E-state index contributed by atoms with van der Waals surface area (Å²) in [6, 6.07) is 14.5. The van der Waals surface area contributed by atoms with E-state index in [0.717, 1.165) is 10.2 Å². The van der Waals surface area contributed by atoms with Crippen LogP contribution in [0.5, 0.6) is 0 Å². The number of carbonyl (C=O) groups excluding carboxylic acids is 1. The Balaban J connectivity index is 1.53. The lowest BCUT2D eigenvalue weighted by Gasteiger charge is -2.08. The first kappa shape index (κ1) is 18.8. The van der Waals surface area contributed by atoms with E-state index in [4.69, 9.17) is 11.6 Å². The summed E-state index contributed by atoms with van der Waals surface area (Å²) in [7, 11) is 0. The van der Waals surface area contributed by atoms with Gasteiger partial charge in [-0.05, 0) is 42.0 Å². The zero-order chi connectivity index (χ0) is 20.4. The van der Waals surface area contributed by atoms with E-state index in [1.807, 2.05) is 12.1 Å². The summed E-state index contributed by atoms with van der Waals surface area (Å²) in [5.74, 6) is -0.730. The van der Waals surface area contributed by atoms with Gasteiger partial charge in [-0.1, -0.05) is 29.8 Å². The van der Waals surface area contributed by atoms with Crippen molar-refractivity contribution in [1.29, 1.82) is 0 Å². The number of fused-ring (bicyclic) bond motifs is 1. The second-order valence-electron chi connectivity index (χ2n) is 6.33. The highest BCUT2D eigenvalue weighted by Gasteiger charge is 2.12. The minimum absolute atomic E-state index is 0.239. The quantitative estimate of drug-likeness (QED) is 0.547. The molecule has 4 aromatic rings. The normalized spacial score (nSPS) is 11.0. The molecule has 0 unspecified atom stereocenters. The lowest BCUT2D eigenvalue weighted by atomic mass is 10.1. The van der Waals surface area contributed by atoms with E-state index < -0.39 is 5.56 Å². The molecule has 0 aliphatic carbocycles. The molecule has 2 aromatic heterocycles. The van der Waals surface area contributed by atoms with Crippen LogP contribution in [0.4, 0.5) is 4.39 Å². The maximum absolute atomic E-state index is 13.1. The second kappa shape index (κ2) is 7.84. The number of hydrogen-bond donors (Lipinski definition) is 1. The number of aromatic nitrogens is 4. The van der Waals surface area contributed by atoms with Crippen molar-refractivity contribution in [2.75, 3.05) is 0 Å². The summed E-state index contributed by atoms with van der Waals surface area (Å²) in [5, 5.41) is 11.6. The first-order chi connectivity index (χ1) is 14.0. The predicted molar refractivity (Wildman–Crippen MR) is 106 cm³/mol. The second-order valence-corrected chi connectivity index (χ2v) is 6.74. The van der Waals surface area contributed by atoms with E-state index in [0.29, 0.717) is 16.3 Å². The summed E-state index contributed by atoms with van der Waals surface area (Å²) in [6.45, 7) is 0.00768. The average molecular weight is 412 g/mol. The van der Waals surface area contributed by atoms with E-state index in [1.165, 1.54) is 23.0 Å². The summed E-state index contributed by atoms with van der Waals surface area (Å²) >= 11 is 6.07. The number of benzene rings is 2. The van der Waals surface area contributed by atoms with Crippen LogP contribution in [0.15, 0.2) is 65.7 Å². The van der Waals surface area contributed by atoms with Gasteiger partial charge in [0.15, 0.2) is 0 Å². The molecule has 1 amide bonds. The smallest absolute Gasteiger partial charge is 0.293 e. The van der Waals surface area contributed by atoms with Crippen molar-refractivity contribution in [3.05, 3.63) is 87.7 Å². The highest BCUT2D eigenvalue weighted by atomic mass is 35.5. The van der Waals surface area contributed by atoms with Crippen molar-refractivity contribution < 1.29 is 9.18 Å². The van der Waals surface area contributed by atoms with E-state index in [1.54, 1.807) is 30.3 Å². The third-order valence-corrected chi connectivity index (χ3v) is 4.73. The van der Waals surface area contributed by atoms with Gasteiger partial charge < -0.3 is 5.32 Å². The zero-order valence-corrected chi connectivity index (χ0v) is 15.8. The molecule has 2 aromatic carbocycles. The van der Waals surface area contributed by atoms with Gasteiger partial charge in [0.25, 0.3) is 5.56 Å². The van der Waals surface area contributed by atoms with Gasteiger partial charge in [0.05, 0.1) is 5.69 Å². The number of nitrogens with one attached hydrogen (secondary N) is 1.